The maximum Gasteiger partial charge on any atom is 0.223 e. The highest BCUT2D eigenvalue weighted by molar-refractivity contribution is 5.77. The van der Waals surface area contributed by atoms with Gasteiger partial charge in [-0.25, -0.2) is 0 Å². The lowest BCUT2D eigenvalue weighted by atomic mass is 9.97. The number of hydrogen-bond donors (Lipinski definition) is 2. The van der Waals surface area contributed by atoms with Crippen LogP contribution < -0.4 is 5.32 Å². The van der Waals surface area contributed by atoms with Crippen LogP contribution in [0.5, 0.6) is 0 Å². The Morgan fingerprint density at radius 1 is 1.33 bits per heavy atom. The van der Waals surface area contributed by atoms with Gasteiger partial charge in [-0.05, 0) is 25.7 Å². The Hall–Kier alpha value is -0.570. The van der Waals surface area contributed by atoms with Crippen LogP contribution in [0.2, 0.25) is 0 Å². The van der Waals surface area contributed by atoms with E-state index in [-0.39, 0.29) is 18.4 Å². The number of carbonyl (C=O) groups excluding carboxylic acids is 1. The molecule has 88 valence electrons. The molecule has 0 bridgehead atoms. The standard InChI is InChI=1S/C12H23NO2/c1-9(2)10(3)13-11(14)8-12(15)6-4-5-7-12/h9-10,15H,4-8H2,1-3H3,(H,13,14). The van der Waals surface area contributed by atoms with Crippen LogP contribution in [0.1, 0.15) is 52.9 Å². The van der Waals surface area contributed by atoms with E-state index in [9.17, 15) is 9.90 Å². The van der Waals surface area contributed by atoms with E-state index in [2.05, 4.69) is 19.2 Å². The molecule has 3 heteroatoms. The largest absolute Gasteiger partial charge is 0.389 e. The fourth-order valence-electron chi connectivity index (χ4n) is 1.98. The van der Waals surface area contributed by atoms with Crippen molar-refractivity contribution in [1.82, 2.24) is 5.32 Å². The number of aliphatic hydroxyl groups is 1. The Kier molecular flexibility index (Phi) is 4.14. The third kappa shape index (κ3) is 3.82. The SMILES string of the molecule is CC(C)C(C)NC(=O)CC1(O)CCCC1. The van der Waals surface area contributed by atoms with E-state index < -0.39 is 5.60 Å². The molecule has 0 aliphatic heterocycles. The van der Waals surface area contributed by atoms with Crippen molar-refractivity contribution < 1.29 is 9.90 Å². The Labute approximate surface area is 92.3 Å². The van der Waals surface area contributed by atoms with E-state index in [1.54, 1.807) is 0 Å². The lowest BCUT2D eigenvalue weighted by Gasteiger charge is -2.24. The summed E-state index contributed by atoms with van der Waals surface area (Å²) in [4.78, 5) is 11.6. The maximum absolute atomic E-state index is 11.6. The Balaban J connectivity index is 2.35. The van der Waals surface area contributed by atoms with E-state index >= 15 is 0 Å². The second kappa shape index (κ2) is 4.97. The van der Waals surface area contributed by atoms with Gasteiger partial charge in [0.05, 0.1) is 12.0 Å². The lowest BCUT2D eigenvalue weighted by Crippen LogP contribution is -2.40. The Bertz CT molecular complexity index is 220. The average Bonchev–Trinajstić information content (AvgIpc) is 2.50. The van der Waals surface area contributed by atoms with Crippen LogP contribution in [0, 0.1) is 5.92 Å². The van der Waals surface area contributed by atoms with Gasteiger partial charge in [0.1, 0.15) is 0 Å². The van der Waals surface area contributed by atoms with Gasteiger partial charge in [-0.1, -0.05) is 26.7 Å². The molecule has 1 amide bonds. The quantitative estimate of drug-likeness (QED) is 0.748. The van der Waals surface area contributed by atoms with Gasteiger partial charge in [-0.2, -0.15) is 0 Å². The van der Waals surface area contributed by atoms with Gasteiger partial charge < -0.3 is 10.4 Å². The molecule has 0 heterocycles. The number of amides is 1. The summed E-state index contributed by atoms with van der Waals surface area (Å²) in [6.07, 6.45) is 3.91. The zero-order valence-electron chi connectivity index (χ0n) is 10.0. The van der Waals surface area contributed by atoms with Crippen molar-refractivity contribution in [2.75, 3.05) is 0 Å². The lowest BCUT2D eigenvalue weighted by molar-refractivity contribution is -0.126. The van der Waals surface area contributed by atoms with Gasteiger partial charge in [-0.15, -0.1) is 0 Å². The van der Waals surface area contributed by atoms with E-state index in [1.807, 2.05) is 6.92 Å². The van der Waals surface area contributed by atoms with Gasteiger partial charge in [0, 0.05) is 6.04 Å². The second-order valence-electron chi connectivity index (χ2n) is 5.21. The highest BCUT2D eigenvalue weighted by Crippen LogP contribution is 2.32. The first-order chi connectivity index (χ1) is 6.93. The zero-order chi connectivity index (χ0) is 11.5. The summed E-state index contributed by atoms with van der Waals surface area (Å²) >= 11 is 0. The van der Waals surface area contributed by atoms with Gasteiger partial charge in [-0.3, -0.25) is 4.79 Å². The van der Waals surface area contributed by atoms with Gasteiger partial charge in [0.25, 0.3) is 0 Å². The smallest absolute Gasteiger partial charge is 0.223 e. The van der Waals surface area contributed by atoms with Crippen molar-refractivity contribution in [2.45, 2.75) is 64.5 Å². The molecule has 1 fully saturated rings. The van der Waals surface area contributed by atoms with Crippen molar-refractivity contribution in [3.05, 3.63) is 0 Å². The van der Waals surface area contributed by atoms with E-state index in [1.165, 1.54) is 0 Å². The minimum absolute atomic E-state index is 0.0133. The average molecular weight is 213 g/mol. The van der Waals surface area contributed by atoms with Crippen LogP contribution in [0.15, 0.2) is 0 Å². The molecule has 1 rings (SSSR count). The van der Waals surface area contributed by atoms with E-state index in [4.69, 9.17) is 0 Å². The molecule has 3 nitrogen and oxygen atoms in total. The van der Waals surface area contributed by atoms with Gasteiger partial charge >= 0.3 is 0 Å². The molecule has 1 unspecified atom stereocenters. The predicted octanol–water partition coefficient (Wildman–Crippen LogP) is 1.84. The summed E-state index contributed by atoms with van der Waals surface area (Å²) in [5, 5.41) is 13.0. The molecule has 1 aliphatic carbocycles. The first-order valence-corrected chi connectivity index (χ1v) is 5.95. The van der Waals surface area contributed by atoms with Crippen LogP contribution >= 0.6 is 0 Å². The van der Waals surface area contributed by atoms with Crippen LogP contribution in [0.3, 0.4) is 0 Å². The third-order valence-electron chi connectivity index (χ3n) is 3.41. The van der Waals surface area contributed by atoms with Crippen LogP contribution in [0.25, 0.3) is 0 Å². The molecule has 0 aromatic heterocycles. The van der Waals surface area contributed by atoms with E-state index in [0.29, 0.717) is 5.92 Å². The summed E-state index contributed by atoms with van der Waals surface area (Å²) in [6, 6.07) is 0.183. The highest BCUT2D eigenvalue weighted by atomic mass is 16.3. The first-order valence-electron chi connectivity index (χ1n) is 5.95. The van der Waals surface area contributed by atoms with Crippen LogP contribution in [-0.2, 0) is 4.79 Å². The molecule has 0 spiro atoms. The van der Waals surface area contributed by atoms with Crippen LogP contribution in [0.4, 0.5) is 0 Å². The van der Waals surface area contributed by atoms with Crippen molar-refractivity contribution in [1.29, 1.82) is 0 Å². The van der Waals surface area contributed by atoms with Crippen molar-refractivity contribution >= 4 is 5.91 Å². The summed E-state index contributed by atoms with van der Waals surface area (Å²) in [6.45, 7) is 6.16. The fraction of sp³-hybridized carbons (Fsp3) is 0.917. The summed E-state index contributed by atoms with van der Waals surface area (Å²) in [7, 11) is 0. The molecule has 15 heavy (non-hydrogen) atoms. The molecular weight excluding hydrogens is 190 g/mol. The topological polar surface area (TPSA) is 49.3 Å². The van der Waals surface area contributed by atoms with Crippen molar-refractivity contribution in [3.63, 3.8) is 0 Å². The van der Waals surface area contributed by atoms with Crippen LogP contribution in [-0.4, -0.2) is 22.7 Å². The monoisotopic (exact) mass is 213 g/mol. The molecule has 0 saturated heterocycles. The first kappa shape index (κ1) is 12.5. The molecule has 0 aromatic carbocycles. The van der Waals surface area contributed by atoms with Crippen molar-refractivity contribution in [2.24, 2.45) is 5.92 Å². The van der Waals surface area contributed by atoms with Gasteiger partial charge in [0.15, 0.2) is 0 Å². The molecule has 0 radical (unpaired) electrons. The molecule has 0 aromatic rings. The minimum atomic E-state index is -0.721. The predicted molar refractivity (Wildman–Crippen MR) is 60.5 cm³/mol. The number of hydrogen-bond acceptors (Lipinski definition) is 2. The summed E-state index contributed by atoms with van der Waals surface area (Å²) in [5.74, 6) is 0.424. The third-order valence-corrected chi connectivity index (χ3v) is 3.41. The summed E-state index contributed by atoms with van der Waals surface area (Å²) in [5.41, 5.74) is -0.721. The molecule has 1 atom stereocenters. The Morgan fingerprint density at radius 3 is 2.33 bits per heavy atom. The highest BCUT2D eigenvalue weighted by Gasteiger charge is 2.33. The maximum atomic E-state index is 11.6. The zero-order valence-corrected chi connectivity index (χ0v) is 10.0. The fourth-order valence-corrected chi connectivity index (χ4v) is 1.98. The molecule has 1 saturated carbocycles. The number of nitrogens with one attached hydrogen (secondary N) is 1. The minimum Gasteiger partial charge on any atom is -0.389 e. The Morgan fingerprint density at radius 2 is 1.87 bits per heavy atom. The van der Waals surface area contributed by atoms with Crippen molar-refractivity contribution in [3.8, 4) is 0 Å². The summed E-state index contributed by atoms with van der Waals surface area (Å²) < 4.78 is 0. The second-order valence-corrected chi connectivity index (χ2v) is 5.21. The number of rotatable bonds is 4. The molecule has 1 aliphatic rings. The van der Waals surface area contributed by atoms with E-state index in [0.717, 1.165) is 25.7 Å². The van der Waals surface area contributed by atoms with Gasteiger partial charge in [0.2, 0.25) is 5.91 Å². The molecule has 2 N–H and O–H groups in total. The molecular formula is C12H23NO2. The normalized spacial score (nSPS) is 21.7. The number of carbonyl (C=O) groups is 1.